The normalized spacial score (nSPS) is 23.1. The summed E-state index contributed by atoms with van der Waals surface area (Å²) >= 11 is 0. The topological polar surface area (TPSA) is 21.7 Å². The van der Waals surface area contributed by atoms with Gasteiger partial charge in [0.2, 0.25) is 0 Å². The third-order valence-corrected chi connectivity index (χ3v) is 4.16. The van der Waals surface area contributed by atoms with Crippen LogP contribution in [-0.4, -0.2) is 37.8 Å². The van der Waals surface area contributed by atoms with Crippen molar-refractivity contribution in [1.29, 1.82) is 0 Å². The van der Waals surface area contributed by atoms with Crippen molar-refractivity contribution >= 4 is 0 Å². The minimum atomic E-state index is 0.00646. The number of benzene rings is 2. The van der Waals surface area contributed by atoms with E-state index in [2.05, 4.69) is 59.5 Å². The van der Waals surface area contributed by atoms with Gasteiger partial charge in [0, 0.05) is 26.7 Å². The second-order valence-electron chi connectivity index (χ2n) is 5.70. The van der Waals surface area contributed by atoms with Crippen molar-refractivity contribution in [2.75, 3.05) is 26.8 Å². The third-order valence-electron chi connectivity index (χ3n) is 4.16. The Hall–Kier alpha value is -1.68. The highest BCUT2D eigenvalue weighted by atomic mass is 16.5. The molecule has 2 aromatic carbocycles. The molecule has 0 spiro atoms. The molecule has 3 nitrogen and oxygen atoms in total. The van der Waals surface area contributed by atoms with Gasteiger partial charge in [0.15, 0.2) is 0 Å². The molecule has 22 heavy (non-hydrogen) atoms. The number of rotatable bonds is 4. The van der Waals surface area contributed by atoms with Crippen LogP contribution in [0.25, 0.3) is 0 Å². The average molecular weight is 297 g/mol. The fourth-order valence-electron chi connectivity index (χ4n) is 2.99. The van der Waals surface area contributed by atoms with Gasteiger partial charge in [-0.15, -0.1) is 0 Å². The van der Waals surface area contributed by atoms with E-state index in [1.165, 1.54) is 11.1 Å². The highest BCUT2D eigenvalue weighted by molar-refractivity contribution is 5.19. The van der Waals surface area contributed by atoms with E-state index in [0.29, 0.717) is 0 Å². The van der Waals surface area contributed by atoms with Crippen molar-refractivity contribution in [3.05, 3.63) is 71.8 Å². The van der Waals surface area contributed by atoms with E-state index in [1.54, 1.807) is 7.11 Å². The van der Waals surface area contributed by atoms with E-state index >= 15 is 0 Å². The number of nitrogens with zero attached hydrogens (tertiary/aromatic N) is 1. The van der Waals surface area contributed by atoms with Gasteiger partial charge in [-0.1, -0.05) is 60.7 Å². The van der Waals surface area contributed by atoms with Gasteiger partial charge in [0.05, 0.1) is 6.61 Å². The predicted molar refractivity (Wildman–Crippen MR) is 87.7 cm³/mol. The minimum absolute atomic E-state index is 0.00646. The molecule has 116 valence electrons. The fraction of sp³-hybridized carbons (Fsp3) is 0.368. The summed E-state index contributed by atoms with van der Waals surface area (Å²) in [6.45, 7) is 3.47. The molecular formula is C19H23NO2. The number of methoxy groups -OCH3 is 1. The second kappa shape index (κ2) is 7.54. The first-order valence-corrected chi connectivity index (χ1v) is 7.82. The molecule has 1 heterocycles. The van der Waals surface area contributed by atoms with Gasteiger partial charge >= 0.3 is 0 Å². The lowest BCUT2D eigenvalue weighted by Crippen LogP contribution is -2.34. The van der Waals surface area contributed by atoms with E-state index in [9.17, 15) is 0 Å². The lowest BCUT2D eigenvalue weighted by Gasteiger charge is -2.26. The molecule has 0 N–H and O–H groups in total. The standard InChI is InChI=1S/C19H23NO2/c1-21-18-15-20(14-16-8-4-2-5-9-16)12-13-22-19(18)17-10-6-3-7-11-17/h2-11,18-19H,12-15H2,1H3/t18-,19?/m0/s1. The Morgan fingerprint density at radius 2 is 1.73 bits per heavy atom. The summed E-state index contributed by atoms with van der Waals surface area (Å²) < 4.78 is 11.8. The molecule has 1 unspecified atom stereocenters. The summed E-state index contributed by atoms with van der Waals surface area (Å²) in [6.07, 6.45) is 0.0561. The molecule has 2 aromatic rings. The summed E-state index contributed by atoms with van der Waals surface area (Å²) in [5.41, 5.74) is 2.52. The van der Waals surface area contributed by atoms with Gasteiger partial charge in [-0.3, -0.25) is 4.90 Å². The summed E-state index contributed by atoms with van der Waals surface area (Å²) in [4.78, 5) is 2.41. The molecule has 0 bridgehead atoms. The molecular weight excluding hydrogens is 274 g/mol. The van der Waals surface area contributed by atoms with E-state index in [4.69, 9.17) is 9.47 Å². The van der Waals surface area contributed by atoms with Gasteiger partial charge in [-0.05, 0) is 11.1 Å². The van der Waals surface area contributed by atoms with Gasteiger partial charge in [0.1, 0.15) is 12.2 Å². The lowest BCUT2D eigenvalue weighted by atomic mass is 10.0. The van der Waals surface area contributed by atoms with E-state index in [1.807, 2.05) is 6.07 Å². The zero-order valence-electron chi connectivity index (χ0n) is 13.0. The number of hydrogen-bond donors (Lipinski definition) is 0. The monoisotopic (exact) mass is 297 g/mol. The first-order chi connectivity index (χ1) is 10.9. The van der Waals surface area contributed by atoms with Crippen molar-refractivity contribution in [2.24, 2.45) is 0 Å². The van der Waals surface area contributed by atoms with Crippen LogP contribution in [0.1, 0.15) is 17.2 Å². The molecule has 0 saturated carbocycles. The predicted octanol–water partition coefficient (Wildman–Crippen LogP) is 3.28. The smallest absolute Gasteiger partial charge is 0.110 e. The largest absolute Gasteiger partial charge is 0.377 e. The van der Waals surface area contributed by atoms with Gasteiger partial charge < -0.3 is 9.47 Å². The van der Waals surface area contributed by atoms with Crippen molar-refractivity contribution < 1.29 is 9.47 Å². The Labute approximate surface area is 132 Å². The van der Waals surface area contributed by atoms with Crippen LogP contribution in [-0.2, 0) is 16.0 Å². The Bertz CT molecular complexity index is 558. The van der Waals surface area contributed by atoms with Crippen LogP contribution >= 0.6 is 0 Å². The maximum atomic E-state index is 6.09. The van der Waals surface area contributed by atoms with Gasteiger partial charge in [0.25, 0.3) is 0 Å². The van der Waals surface area contributed by atoms with Crippen molar-refractivity contribution in [3.8, 4) is 0 Å². The summed E-state index contributed by atoms with van der Waals surface area (Å²) in [5.74, 6) is 0. The lowest BCUT2D eigenvalue weighted by molar-refractivity contribution is -0.0433. The fourth-order valence-corrected chi connectivity index (χ4v) is 2.99. The Morgan fingerprint density at radius 3 is 2.41 bits per heavy atom. The molecule has 1 saturated heterocycles. The molecule has 1 aliphatic heterocycles. The van der Waals surface area contributed by atoms with Crippen LogP contribution in [0.3, 0.4) is 0 Å². The van der Waals surface area contributed by atoms with Crippen LogP contribution in [0.4, 0.5) is 0 Å². The summed E-state index contributed by atoms with van der Waals surface area (Å²) in [6, 6.07) is 20.9. The summed E-state index contributed by atoms with van der Waals surface area (Å²) in [5, 5.41) is 0. The molecule has 1 fully saturated rings. The highest BCUT2D eigenvalue weighted by Gasteiger charge is 2.29. The van der Waals surface area contributed by atoms with Crippen LogP contribution in [0.15, 0.2) is 60.7 Å². The van der Waals surface area contributed by atoms with E-state index < -0.39 is 0 Å². The van der Waals surface area contributed by atoms with E-state index in [0.717, 1.165) is 26.2 Å². The number of ether oxygens (including phenoxy) is 2. The van der Waals surface area contributed by atoms with Crippen molar-refractivity contribution in [3.63, 3.8) is 0 Å². The van der Waals surface area contributed by atoms with Crippen LogP contribution < -0.4 is 0 Å². The Morgan fingerprint density at radius 1 is 1.05 bits per heavy atom. The van der Waals surface area contributed by atoms with Gasteiger partial charge in [-0.25, -0.2) is 0 Å². The van der Waals surface area contributed by atoms with Crippen LogP contribution in [0, 0.1) is 0 Å². The van der Waals surface area contributed by atoms with Crippen molar-refractivity contribution in [1.82, 2.24) is 4.90 Å². The molecule has 0 aliphatic carbocycles. The Balaban J connectivity index is 1.71. The first-order valence-electron chi connectivity index (χ1n) is 7.82. The van der Waals surface area contributed by atoms with E-state index in [-0.39, 0.29) is 12.2 Å². The molecule has 3 rings (SSSR count). The van der Waals surface area contributed by atoms with Crippen molar-refractivity contribution in [2.45, 2.75) is 18.8 Å². The van der Waals surface area contributed by atoms with Gasteiger partial charge in [-0.2, -0.15) is 0 Å². The maximum absolute atomic E-state index is 6.09. The molecule has 3 heteroatoms. The molecule has 0 aromatic heterocycles. The number of hydrogen-bond acceptors (Lipinski definition) is 3. The first kappa shape index (κ1) is 15.2. The summed E-state index contributed by atoms with van der Waals surface area (Å²) in [7, 11) is 1.77. The average Bonchev–Trinajstić information content (AvgIpc) is 2.78. The SMILES string of the molecule is CO[C@H]1CN(Cc2ccccc2)CCOC1c1ccccc1. The van der Waals surface area contributed by atoms with Crippen LogP contribution in [0.2, 0.25) is 0 Å². The zero-order valence-corrected chi connectivity index (χ0v) is 13.0. The molecule has 0 amide bonds. The zero-order chi connectivity index (χ0) is 15.2. The highest BCUT2D eigenvalue weighted by Crippen LogP contribution is 2.26. The maximum Gasteiger partial charge on any atom is 0.110 e. The minimum Gasteiger partial charge on any atom is -0.377 e. The second-order valence-corrected chi connectivity index (χ2v) is 5.70. The molecule has 1 aliphatic rings. The quantitative estimate of drug-likeness (QED) is 0.864. The molecule has 2 atom stereocenters. The molecule has 0 radical (unpaired) electrons. The third kappa shape index (κ3) is 3.74. The van der Waals surface area contributed by atoms with Crippen LogP contribution in [0.5, 0.6) is 0 Å². The Kier molecular flexibility index (Phi) is 5.22.